The summed E-state index contributed by atoms with van der Waals surface area (Å²) < 4.78 is 11.3. The van der Waals surface area contributed by atoms with Crippen molar-refractivity contribution in [3.63, 3.8) is 0 Å². The second kappa shape index (κ2) is 8.24. The minimum atomic E-state index is 0.0777. The third kappa shape index (κ3) is 4.07. The van der Waals surface area contributed by atoms with E-state index < -0.39 is 0 Å². The number of hydrogen-bond donors (Lipinski definition) is 0. The number of carbonyl (C=O) groups excluding carboxylic acids is 1. The maximum atomic E-state index is 13.1. The van der Waals surface area contributed by atoms with Crippen molar-refractivity contribution in [2.45, 2.75) is 38.4 Å². The van der Waals surface area contributed by atoms with Gasteiger partial charge in [-0.3, -0.25) is 9.69 Å². The van der Waals surface area contributed by atoms with Gasteiger partial charge in [-0.15, -0.1) is 0 Å². The van der Waals surface area contributed by atoms with E-state index in [0.29, 0.717) is 18.7 Å². The maximum absolute atomic E-state index is 13.1. The van der Waals surface area contributed by atoms with Crippen molar-refractivity contribution in [3.05, 3.63) is 65.7 Å². The van der Waals surface area contributed by atoms with E-state index in [9.17, 15) is 4.79 Å². The van der Waals surface area contributed by atoms with Crippen LogP contribution in [0.15, 0.2) is 54.6 Å². The molecule has 2 heterocycles. The van der Waals surface area contributed by atoms with Gasteiger partial charge in [-0.25, -0.2) is 0 Å². The average Bonchev–Trinajstić information content (AvgIpc) is 2.69. The molecule has 2 bridgehead atoms. The Balaban J connectivity index is 1.45. The summed E-state index contributed by atoms with van der Waals surface area (Å²) in [7, 11) is 0. The third-order valence-electron chi connectivity index (χ3n) is 5.70. The van der Waals surface area contributed by atoms with Gasteiger partial charge >= 0.3 is 0 Å². The van der Waals surface area contributed by atoms with Gasteiger partial charge in [0.05, 0.1) is 19.8 Å². The molecule has 2 aromatic carbocycles. The zero-order valence-corrected chi connectivity index (χ0v) is 15.8. The highest BCUT2D eigenvalue weighted by atomic mass is 16.5. The zero-order chi connectivity index (χ0) is 18.6. The molecule has 2 saturated heterocycles. The summed E-state index contributed by atoms with van der Waals surface area (Å²) in [5.41, 5.74) is 2.12. The Hall–Kier alpha value is -2.17. The highest BCUT2D eigenvalue weighted by Gasteiger charge is 2.41. The van der Waals surface area contributed by atoms with E-state index in [1.165, 1.54) is 5.56 Å². The molecule has 27 heavy (non-hydrogen) atoms. The summed E-state index contributed by atoms with van der Waals surface area (Å²) in [6.45, 7) is 4.97. The summed E-state index contributed by atoms with van der Waals surface area (Å²) >= 11 is 0. The topological polar surface area (TPSA) is 38.8 Å². The predicted molar refractivity (Wildman–Crippen MR) is 105 cm³/mol. The molecule has 0 aliphatic carbocycles. The van der Waals surface area contributed by atoms with Gasteiger partial charge in [-0.1, -0.05) is 30.3 Å². The molecule has 4 heteroatoms. The standard InChI is InChI=1S/C23H27NO3/c1-2-27-22-10-8-18(9-11-22)23(25)19-12-20-15-26-16-21(13-19)24(20)14-17-6-4-3-5-7-17/h3-11,19-21H,2,12-16H2,1H3. The SMILES string of the molecule is CCOc1ccc(C(=O)C2CC3COCC(C2)N3Cc2ccccc2)cc1. The first-order chi connectivity index (χ1) is 13.2. The molecule has 2 aromatic rings. The normalized spacial score (nSPS) is 25.1. The van der Waals surface area contributed by atoms with Crippen LogP contribution in [0.25, 0.3) is 0 Å². The van der Waals surface area contributed by atoms with E-state index >= 15 is 0 Å². The van der Waals surface area contributed by atoms with Gasteiger partial charge < -0.3 is 9.47 Å². The first-order valence-corrected chi connectivity index (χ1v) is 9.89. The van der Waals surface area contributed by atoms with Crippen molar-refractivity contribution in [3.8, 4) is 5.75 Å². The van der Waals surface area contributed by atoms with Crippen molar-refractivity contribution in [1.29, 1.82) is 0 Å². The molecule has 0 N–H and O–H groups in total. The molecule has 2 aliphatic heterocycles. The van der Waals surface area contributed by atoms with Crippen LogP contribution in [0.4, 0.5) is 0 Å². The number of morpholine rings is 1. The summed E-state index contributed by atoms with van der Waals surface area (Å²) in [5, 5.41) is 0. The average molecular weight is 365 g/mol. The Bertz CT molecular complexity index is 745. The van der Waals surface area contributed by atoms with Crippen LogP contribution in [0.5, 0.6) is 5.75 Å². The molecule has 0 aromatic heterocycles. The molecule has 0 amide bonds. The van der Waals surface area contributed by atoms with E-state index in [0.717, 1.165) is 43.9 Å². The van der Waals surface area contributed by atoms with Crippen LogP contribution in [0.2, 0.25) is 0 Å². The number of fused-ring (bicyclic) bond motifs is 2. The predicted octanol–water partition coefficient (Wildman–Crippen LogP) is 3.95. The fraction of sp³-hybridized carbons (Fsp3) is 0.435. The quantitative estimate of drug-likeness (QED) is 0.727. The van der Waals surface area contributed by atoms with Gasteiger partial charge in [0.25, 0.3) is 0 Å². The van der Waals surface area contributed by atoms with Crippen molar-refractivity contribution in [2.24, 2.45) is 5.92 Å². The molecule has 0 saturated carbocycles. The number of rotatable bonds is 6. The molecule has 2 atom stereocenters. The number of piperidine rings is 1. The van der Waals surface area contributed by atoms with Crippen molar-refractivity contribution in [1.82, 2.24) is 4.90 Å². The van der Waals surface area contributed by atoms with Gasteiger partial charge in [-0.2, -0.15) is 0 Å². The number of benzene rings is 2. The van der Waals surface area contributed by atoms with E-state index in [-0.39, 0.29) is 11.7 Å². The molecular formula is C23H27NO3. The lowest BCUT2D eigenvalue weighted by molar-refractivity contribution is -0.0872. The highest BCUT2D eigenvalue weighted by molar-refractivity contribution is 5.98. The number of carbonyl (C=O) groups is 1. The summed E-state index contributed by atoms with van der Waals surface area (Å²) in [6, 6.07) is 18.8. The number of ether oxygens (including phenoxy) is 2. The molecule has 0 spiro atoms. The monoisotopic (exact) mass is 365 g/mol. The second-order valence-electron chi connectivity index (χ2n) is 7.49. The number of Topliss-reactive ketones (excluding diaryl/α,β-unsaturated/α-hetero) is 1. The minimum Gasteiger partial charge on any atom is -0.494 e. The molecule has 2 unspecified atom stereocenters. The fourth-order valence-corrected chi connectivity index (χ4v) is 4.37. The van der Waals surface area contributed by atoms with Crippen LogP contribution >= 0.6 is 0 Å². The molecule has 4 nitrogen and oxygen atoms in total. The fourth-order valence-electron chi connectivity index (χ4n) is 4.37. The lowest BCUT2D eigenvalue weighted by Crippen LogP contribution is -2.57. The van der Waals surface area contributed by atoms with Crippen molar-refractivity contribution >= 4 is 5.78 Å². The number of hydrogen-bond acceptors (Lipinski definition) is 4. The van der Waals surface area contributed by atoms with Crippen LogP contribution in [-0.2, 0) is 11.3 Å². The van der Waals surface area contributed by atoms with Crippen LogP contribution in [0.3, 0.4) is 0 Å². The van der Waals surface area contributed by atoms with Gasteiger partial charge in [0, 0.05) is 30.1 Å². The van der Waals surface area contributed by atoms with Crippen molar-refractivity contribution < 1.29 is 14.3 Å². The number of nitrogens with zero attached hydrogens (tertiary/aromatic N) is 1. The largest absolute Gasteiger partial charge is 0.494 e. The lowest BCUT2D eigenvalue weighted by Gasteiger charge is -2.48. The first kappa shape index (κ1) is 18.2. The smallest absolute Gasteiger partial charge is 0.166 e. The van der Waals surface area contributed by atoms with Gasteiger partial charge in [0.15, 0.2) is 5.78 Å². The van der Waals surface area contributed by atoms with E-state index in [4.69, 9.17) is 9.47 Å². The van der Waals surface area contributed by atoms with Crippen LogP contribution < -0.4 is 4.74 Å². The molecule has 2 aliphatic rings. The van der Waals surface area contributed by atoms with E-state index in [2.05, 4.69) is 35.2 Å². The van der Waals surface area contributed by atoms with Gasteiger partial charge in [0.2, 0.25) is 0 Å². The third-order valence-corrected chi connectivity index (χ3v) is 5.70. The number of ketones is 1. The second-order valence-corrected chi connectivity index (χ2v) is 7.49. The summed E-state index contributed by atoms with van der Waals surface area (Å²) in [4.78, 5) is 15.6. The Morgan fingerprint density at radius 1 is 1.04 bits per heavy atom. The van der Waals surface area contributed by atoms with E-state index in [1.54, 1.807) is 0 Å². The summed E-state index contributed by atoms with van der Waals surface area (Å²) in [5.74, 6) is 1.15. The van der Waals surface area contributed by atoms with Crippen LogP contribution in [0, 0.1) is 5.92 Å². The first-order valence-electron chi connectivity index (χ1n) is 9.89. The Morgan fingerprint density at radius 3 is 2.33 bits per heavy atom. The van der Waals surface area contributed by atoms with Crippen molar-refractivity contribution in [2.75, 3.05) is 19.8 Å². The Morgan fingerprint density at radius 2 is 1.70 bits per heavy atom. The zero-order valence-electron chi connectivity index (χ0n) is 15.8. The Kier molecular flexibility index (Phi) is 5.55. The maximum Gasteiger partial charge on any atom is 0.166 e. The molecular weight excluding hydrogens is 338 g/mol. The molecule has 4 rings (SSSR count). The van der Waals surface area contributed by atoms with Gasteiger partial charge in [-0.05, 0) is 49.6 Å². The summed E-state index contributed by atoms with van der Waals surface area (Å²) in [6.07, 6.45) is 1.74. The van der Waals surface area contributed by atoms with Crippen LogP contribution in [0.1, 0.15) is 35.7 Å². The van der Waals surface area contributed by atoms with Crippen LogP contribution in [-0.4, -0.2) is 42.6 Å². The van der Waals surface area contributed by atoms with Gasteiger partial charge in [0.1, 0.15) is 5.75 Å². The molecule has 2 fully saturated rings. The minimum absolute atomic E-state index is 0.0777. The molecule has 142 valence electrons. The Labute approximate surface area is 161 Å². The lowest BCUT2D eigenvalue weighted by atomic mass is 9.80. The van der Waals surface area contributed by atoms with E-state index in [1.807, 2.05) is 31.2 Å². The molecule has 0 radical (unpaired) electrons. The highest BCUT2D eigenvalue weighted by Crippen LogP contribution is 2.34.